The number of anilines is 1. The predicted octanol–water partition coefficient (Wildman–Crippen LogP) is 3.21. The van der Waals surface area contributed by atoms with Crippen LogP contribution in [0, 0.1) is 12.7 Å². The van der Waals surface area contributed by atoms with E-state index in [9.17, 15) is 4.39 Å². The van der Waals surface area contributed by atoms with E-state index >= 15 is 0 Å². The Morgan fingerprint density at radius 3 is 2.71 bits per heavy atom. The highest BCUT2D eigenvalue weighted by Crippen LogP contribution is 2.23. The van der Waals surface area contributed by atoms with Crippen LogP contribution in [0.4, 0.5) is 10.3 Å². The molecule has 0 radical (unpaired) electrons. The van der Waals surface area contributed by atoms with E-state index in [-0.39, 0.29) is 11.8 Å². The quantitative estimate of drug-likeness (QED) is 0.885. The number of ether oxygens (including phenoxy) is 1. The summed E-state index contributed by atoms with van der Waals surface area (Å²) in [5.41, 5.74) is 1.53. The lowest BCUT2D eigenvalue weighted by molar-refractivity contribution is 0.292. The molecule has 1 aromatic carbocycles. The molecule has 0 bridgehead atoms. The molecule has 0 atom stereocenters. The standard InChI is InChI=1S/C15H19FN4O/c1-4-8-21-15-19-13(18-14(20-15)17-5-2)12-9-11(16)7-6-10(12)3/h6-7,9H,4-5,8H2,1-3H3,(H,17,18,19,20). The number of hydrogen-bond acceptors (Lipinski definition) is 5. The number of rotatable bonds is 6. The fourth-order valence-electron chi connectivity index (χ4n) is 1.81. The number of aromatic nitrogens is 3. The van der Waals surface area contributed by atoms with Crippen molar-refractivity contribution in [2.24, 2.45) is 0 Å². The first kappa shape index (κ1) is 15.2. The maximum Gasteiger partial charge on any atom is 0.321 e. The van der Waals surface area contributed by atoms with Crippen molar-refractivity contribution in [1.82, 2.24) is 15.0 Å². The van der Waals surface area contributed by atoms with Crippen LogP contribution < -0.4 is 10.1 Å². The number of aryl methyl sites for hydroxylation is 1. The van der Waals surface area contributed by atoms with Gasteiger partial charge in [-0.2, -0.15) is 15.0 Å². The van der Waals surface area contributed by atoms with E-state index < -0.39 is 0 Å². The molecular formula is C15H19FN4O. The van der Waals surface area contributed by atoms with Gasteiger partial charge in [0, 0.05) is 12.1 Å². The van der Waals surface area contributed by atoms with Gasteiger partial charge in [0.2, 0.25) is 5.95 Å². The van der Waals surface area contributed by atoms with Crippen molar-refractivity contribution in [3.63, 3.8) is 0 Å². The molecule has 1 heterocycles. The summed E-state index contributed by atoms with van der Waals surface area (Å²) in [5.74, 6) is 0.512. The lowest BCUT2D eigenvalue weighted by Gasteiger charge is -2.10. The van der Waals surface area contributed by atoms with Gasteiger partial charge in [-0.25, -0.2) is 4.39 Å². The first-order valence-electron chi connectivity index (χ1n) is 7.03. The molecule has 0 aliphatic rings. The van der Waals surface area contributed by atoms with Gasteiger partial charge in [-0.1, -0.05) is 13.0 Å². The first-order valence-corrected chi connectivity index (χ1v) is 7.03. The predicted molar refractivity (Wildman–Crippen MR) is 79.9 cm³/mol. The largest absolute Gasteiger partial charge is 0.463 e. The van der Waals surface area contributed by atoms with E-state index in [1.807, 2.05) is 20.8 Å². The first-order chi connectivity index (χ1) is 10.1. The molecule has 0 unspecified atom stereocenters. The molecule has 1 N–H and O–H groups in total. The normalized spacial score (nSPS) is 10.5. The summed E-state index contributed by atoms with van der Waals surface area (Å²) in [6.45, 7) is 7.04. The molecular weight excluding hydrogens is 271 g/mol. The van der Waals surface area contributed by atoms with E-state index in [1.165, 1.54) is 12.1 Å². The average Bonchev–Trinajstić information content (AvgIpc) is 2.48. The molecule has 0 aliphatic heterocycles. The summed E-state index contributed by atoms with van der Waals surface area (Å²) in [5, 5.41) is 3.03. The molecule has 0 fully saturated rings. The Morgan fingerprint density at radius 1 is 1.19 bits per heavy atom. The summed E-state index contributed by atoms with van der Waals surface area (Å²) in [7, 11) is 0. The molecule has 5 nitrogen and oxygen atoms in total. The summed E-state index contributed by atoms with van der Waals surface area (Å²) < 4.78 is 18.9. The van der Waals surface area contributed by atoms with Crippen molar-refractivity contribution in [2.75, 3.05) is 18.5 Å². The van der Waals surface area contributed by atoms with Crippen molar-refractivity contribution >= 4 is 5.95 Å². The Hall–Kier alpha value is -2.24. The van der Waals surface area contributed by atoms with Gasteiger partial charge in [-0.3, -0.25) is 0 Å². The SMILES string of the molecule is CCCOc1nc(NCC)nc(-c2cc(F)ccc2C)n1. The van der Waals surface area contributed by atoms with Crippen molar-refractivity contribution in [1.29, 1.82) is 0 Å². The molecule has 0 saturated carbocycles. The van der Waals surface area contributed by atoms with Gasteiger partial charge in [0.1, 0.15) is 5.82 Å². The smallest absolute Gasteiger partial charge is 0.321 e. The molecule has 0 saturated heterocycles. The zero-order chi connectivity index (χ0) is 15.2. The summed E-state index contributed by atoms with van der Waals surface area (Å²) in [4.78, 5) is 12.8. The van der Waals surface area contributed by atoms with Gasteiger partial charge in [-0.15, -0.1) is 0 Å². The molecule has 0 spiro atoms. The second-order valence-electron chi connectivity index (χ2n) is 4.60. The van der Waals surface area contributed by atoms with Crippen LogP contribution in [-0.2, 0) is 0 Å². The van der Waals surface area contributed by atoms with Crippen LogP contribution in [-0.4, -0.2) is 28.1 Å². The maximum absolute atomic E-state index is 13.5. The van der Waals surface area contributed by atoms with E-state index in [1.54, 1.807) is 6.07 Å². The second-order valence-corrected chi connectivity index (χ2v) is 4.60. The van der Waals surface area contributed by atoms with Crippen LogP contribution in [0.2, 0.25) is 0 Å². The lowest BCUT2D eigenvalue weighted by Crippen LogP contribution is -2.08. The van der Waals surface area contributed by atoms with Crippen molar-refractivity contribution in [3.05, 3.63) is 29.6 Å². The van der Waals surface area contributed by atoms with Gasteiger partial charge < -0.3 is 10.1 Å². The number of benzene rings is 1. The number of hydrogen-bond donors (Lipinski definition) is 1. The van der Waals surface area contributed by atoms with Gasteiger partial charge in [0.25, 0.3) is 0 Å². The molecule has 0 amide bonds. The van der Waals surface area contributed by atoms with Crippen LogP contribution >= 0.6 is 0 Å². The molecule has 2 aromatic rings. The topological polar surface area (TPSA) is 59.9 Å². The molecule has 0 aliphatic carbocycles. The van der Waals surface area contributed by atoms with E-state index in [0.29, 0.717) is 30.5 Å². The van der Waals surface area contributed by atoms with E-state index in [4.69, 9.17) is 4.74 Å². The van der Waals surface area contributed by atoms with Crippen LogP contribution in [0.15, 0.2) is 18.2 Å². The highest BCUT2D eigenvalue weighted by molar-refractivity contribution is 5.61. The molecule has 1 aromatic heterocycles. The third-order valence-corrected chi connectivity index (χ3v) is 2.83. The van der Waals surface area contributed by atoms with Crippen molar-refractivity contribution in [2.45, 2.75) is 27.2 Å². The maximum atomic E-state index is 13.5. The number of nitrogens with one attached hydrogen (secondary N) is 1. The summed E-state index contributed by atoms with van der Waals surface area (Å²) in [6.07, 6.45) is 0.858. The van der Waals surface area contributed by atoms with Crippen LogP contribution in [0.1, 0.15) is 25.8 Å². The van der Waals surface area contributed by atoms with Gasteiger partial charge >= 0.3 is 6.01 Å². The molecule has 21 heavy (non-hydrogen) atoms. The average molecular weight is 290 g/mol. The van der Waals surface area contributed by atoms with Gasteiger partial charge in [-0.05, 0) is 38.0 Å². The minimum Gasteiger partial charge on any atom is -0.463 e. The molecule has 112 valence electrons. The zero-order valence-corrected chi connectivity index (χ0v) is 12.5. The number of nitrogens with zero attached hydrogens (tertiary/aromatic N) is 3. The third-order valence-electron chi connectivity index (χ3n) is 2.83. The fraction of sp³-hybridized carbons (Fsp3) is 0.400. The van der Waals surface area contributed by atoms with Crippen molar-refractivity contribution in [3.8, 4) is 17.4 Å². The Morgan fingerprint density at radius 2 is 2.00 bits per heavy atom. The number of halogens is 1. The van der Waals surface area contributed by atoms with Crippen LogP contribution in [0.3, 0.4) is 0 Å². The molecule has 6 heteroatoms. The second kappa shape index (κ2) is 6.97. The van der Waals surface area contributed by atoms with Crippen LogP contribution in [0.5, 0.6) is 6.01 Å². The summed E-state index contributed by atoms with van der Waals surface area (Å²) >= 11 is 0. The Labute approximate surface area is 123 Å². The van der Waals surface area contributed by atoms with E-state index in [2.05, 4.69) is 20.3 Å². The monoisotopic (exact) mass is 290 g/mol. The Balaban J connectivity index is 2.45. The van der Waals surface area contributed by atoms with Gasteiger partial charge in [0.05, 0.1) is 6.61 Å². The fourth-order valence-corrected chi connectivity index (χ4v) is 1.81. The molecule has 2 rings (SSSR count). The highest BCUT2D eigenvalue weighted by atomic mass is 19.1. The minimum absolute atomic E-state index is 0.251. The van der Waals surface area contributed by atoms with Gasteiger partial charge in [0.15, 0.2) is 5.82 Å². The van der Waals surface area contributed by atoms with Crippen LogP contribution in [0.25, 0.3) is 11.4 Å². The highest BCUT2D eigenvalue weighted by Gasteiger charge is 2.12. The summed E-state index contributed by atoms with van der Waals surface area (Å²) in [6, 6.07) is 4.79. The Kier molecular flexibility index (Phi) is 5.03. The van der Waals surface area contributed by atoms with Crippen molar-refractivity contribution < 1.29 is 9.13 Å². The third kappa shape index (κ3) is 3.87. The Bertz CT molecular complexity index is 619. The zero-order valence-electron chi connectivity index (χ0n) is 12.5. The van der Waals surface area contributed by atoms with E-state index in [0.717, 1.165) is 12.0 Å². The minimum atomic E-state index is -0.322. The lowest BCUT2D eigenvalue weighted by atomic mass is 10.1.